The fourth-order valence-electron chi connectivity index (χ4n) is 8.50. The zero-order valence-corrected chi connectivity index (χ0v) is 27.9. The van der Waals surface area contributed by atoms with E-state index in [1.807, 2.05) is 0 Å². The van der Waals surface area contributed by atoms with E-state index in [0.29, 0.717) is 5.56 Å². The van der Waals surface area contributed by atoms with Gasteiger partial charge in [0.25, 0.3) is 0 Å². The van der Waals surface area contributed by atoms with Crippen LogP contribution in [0.2, 0.25) is 0 Å². The van der Waals surface area contributed by atoms with Crippen molar-refractivity contribution >= 4 is 12.1 Å². The summed E-state index contributed by atoms with van der Waals surface area (Å²) in [7, 11) is 0. The van der Waals surface area contributed by atoms with Gasteiger partial charge in [0.2, 0.25) is 0 Å². The SMILES string of the molecule is CC1=C2C(O)C(O)C3(C)C(O)CC4OCC4(O)C3C(O)C(O)(CC1OC(=O)C(O)C(NC(=O)OC(C)(C)C)c1ccccc1)C2(C)C. The molecule has 2 saturated carbocycles. The van der Waals surface area contributed by atoms with Crippen LogP contribution >= 0.6 is 0 Å². The van der Waals surface area contributed by atoms with Crippen LogP contribution in [0.15, 0.2) is 41.5 Å². The number of aliphatic hydroxyl groups excluding tert-OH is 5. The summed E-state index contributed by atoms with van der Waals surface area (Å²) >= 11 is 0. The van der Waals surface area contributed by atoms with E-state index in [1.165, 1.54) is 6.92 Å². The first-order valence-electron chi connectivity index (χ1n) is 16.0. The van der Waals surface area contributed by atoms with Crippen molar-refractivity contribution < 1.29 is 59.5 Å². The average Bonchev–Trinajstić information content (AvgIpc) is 2.98. The van der Waals surface area contributed by atoms with Gasteiger partial charge >= 0.3 is 12.1 Å². The largest absolute Gasteiger partial charge is 0.456 e. The van der Waals surface area contributed by atoms with Crippen molar-refractivity contribution in [3.63, 3.8) is 0 Å². The summed E-state index contributed by atoms with van der Waals surface area (Å²) in [5.74, 6) is -2.54. The molecule has 0 aromatic heterocycles. The number of alkyl carbamates (subject to hydrolysis) is 1. The van der Waals surface area contributed by atoms with E-state index in [1.54, 1.807) is 71.9 Å². The fraction of sp³-hybridized carbons (Fsp3) is 0.706. The third-order valence-corrected chi connectivity index (χ3v) is 11.3. The Hall–Kier alpha value is -2.62. The normalized spacial score (nSPS) is 40.8. The maximum atomic E-state index is 13.6. The zero-order chi connectivity index (χ0) is 35.1. The highest BCUT2D eigenvalue weighted by Crippen LogP contribution is 2.63. The molecule has 1 aromatic carbocycles. The minimum Gasteiger partial charge on any atom is -0.456 e. The first-order valence-corrected chi connectivity index (χ1v) is 16.0. The number of benzene rings is 1. The molecule has 12 unspecified atom stereocenters. The lowest BCUT2D eigenvalue weighted by Gasteiger charge is -2.68. The van der Waals surface area contributed by atoms with E-state index < -0.39 is 101 Å². The van der Waals surface area contributed by atoms with Crippen LogP contribution in [0.25, 0.3) is 0 Å². The van der Waals surface area contributed by atoms with Gasteiger partial charge in [-0.05, 0) is 44.4 Å². The van der Waals surface area contributed by atoms with Gasteiger partial charge in [-0.2, -0.15) is 0 Å². The molecular formula is C34H49NO12. The number of carbonyl (C=O) groups excluding carboxylic acids is 2. The number of hydrogen-bond acceptors (Lipinski definition) is 12. The molecule has 0 spiro atoms. The lowest BCUT2D eigenvalue weighted by Crippen LogP contribution is -2.81. The van der Waals surface area contributed by atoms with Crippen LogP contribution in [0.5, 0.6) is 0 Å². The summed E-state index contributed by atoms with van der Waals surface area (Å²) in [5.41, 5.74) is -7.19. The van der Waals surface area contributed by atoms with Gasteiger partial charge in [0.15, 0.2) is 6.10 Å². The second-order valence-corrected chi connectivity index (χ2v) is 15.5. The summed E-state index contributed by atoms with van der Waals surface area (Å²) in [6.45, 7) is 10.9. The molecule has 13 heteroatoms. The predicted molar refractivity (Wildman–Crippen MR) is 165 cm³/mol. The number of aliphatic hydroxyl groups is 7. The predicted octanol–water partition coefficient (Wildman–Crippen LogP) is 0.616. The van der Waals surface area contributed by atoms with Gasteiger partial charge in [-0.15, -0.1) is 0 Å². The van der Waals surface area contributed by atoms with Gasteiger partial charge in [0.05, 0.1) is 37.1 Å². The Balaban J connectivity index is 1.52. The van der Waals surface area contributed by atoms with Gasteiger partial charge in [-0.1, -0.05) is 51.1 Å². The topological polar surface area (TPSA) is 215 Å². The van der Waals surface area contributed by atoms with Crippen LogP contribution in [0.1, 0.15) is 72.9 Å². The van der Waals surface area contributed by atoms with Gasteiger partial charge in [-0.3, -0.25) is 0 Å². The number of amides is 1. The van der Waals surface area contributed by atoms with E-state index in [2.05, 4.69) is 5.32 Å². The molecule has 3 fully saturated rings. The number of nitrogens with one attached hydrogen (secondary N) is 1. The molecule has 47 heavy (non-hydrogen) atoms. The van der Waals surface area contributed by atoms with E-state index in [9.17, 15) is 45.3 Å². The molecule has 1 aromatic rings. The smallest absolute Gasteiger partial charge is 0.408 e. The van der Waals surface area contributed by atoms with Gasteiger partial charge in [0, 0.05) is 29.6 Å². The zero-order valence-electron chi connectivity index (χ0n) is 27.9. The average molecular weight is 664 g/mol. The number of carbonyl (C=O) groups is 2. The van der Waals surface area contributed by atoms with E-state index in [4.69, 9.17) is 14.2 Å². The third kappa shape index (κ3) is 5.48. The standard InChI is InChI=1S/C34H49NO12/c1-16-18(46-28(41)24(38)22(17-11-9-8-10-12-17)35-29(42)47-30(2,3)4)14-34(44)27(40)25-32(7,19(36)13-20-33(25,43)15-45-20)26(39)23(37)21(16)31(34,5)6/h8-12,18-20,22-27,36-40,43-44H,13-15H2,1-7H3,(H,35,42). The van der Waals surface area contributed by atoms with Gasteiger partial charge in [-0.25, -0.2) is 9.59 Å². The Morgan fingerprint density at radius 1 is 1.02 bits per heavy atom. The molecule has 0 radical (unpaired) electrons. The first-order chi connectivity index (χ1) is 21.6. The fourth-order valence-corrected chi connectivity index (χ4v) is 8.50. The molecule has 4 aliphatic rings. The second kappa shape index (κ2) is 11.8. The van der Waals surface area contributed by atoms with Crippen LogP contribution in [0.3, 0.4) is 0 Å². The molecular weight excluding hydrogens is 614 g/mol. The Bertz CT molecular complexity index is 1410. The van der Waals surface area contributed by atoms with Crippen molar-refractivity contribution in [1.82, 2.24) is 5.32 Å². The molecule has 1 amide bonds. The molecule has 5 rings (SSSR count). The minimum atomic E-state index is -2.19. The molecule has 8 N–H and O–H groups in total. The summed E-state index contributed by atoms with van der Waals surface area (Å²) in [4.78, 5) is 26.4. The van der Waals surface area contributed by atoms with E-state index >= 15 is 0 Å². The maximum Gasteiger partial charge on any atom is 0.408 e. The molecule has 13 nitrogen and oxygen atoms in total. The number of esters is 1. The number of fused-ring (bicyclic) bond motifs is 5. The van der Waals surface area contributed by atoms with Gasteiger partial charge in [0.1, 0.15) is 29.0 Å². The lowest BCUT2D eigenvalue weighted by molar-refractivity contribution is -0.364. The van der Waals surface area contributed by atoms with Crippen molar-refractivity contribution in [2.24, 2.45) is 16.7 Å². The van der Waals surface area contributed by atoms with Crippen LogP contribution < -0.4 is 5.32 Å². The molecule has 1 aliphatic heterocycles. The van der Waals surface area contributed by atoms with Crippen molar-refractivity contribution in [3.05, 3.63) is 47.0 Å². The molecule has 3 aliphatic carbocycles. The highest BCUT2D eigenvalue weighted by atomic mass is 16.6. The van der Waals surface area contributed by atoms with Crippen LogP contribution in [-0.2, 0) is 19.0 Å². The Morgan fingerprint density at radius 3 is 2.19 bits per heavy atom. The maximum absolute atomic E-state index is 13.6. The quantitative estimate of drug-likeness (QED) is 0.161. The highest BCUT2D eigenvalue weighted by molar-refractivity contribution is 5.78. The third-order valence-electron chi connectivity index (χ3n) is 11.3. The van der Waals surface area contributed by atoms with Crippen molar-refractivity contribution in [3.8, 4) is 0 Å². The van der Waals surface area contributed by atoms with Crippen LogP contribution in [-0.4, -0.2) is 114 Å². The lowest BCUT2D eigenvalue weighted by atomic mass is 9.44. The van der Waals surface area contributed by atoms with Crippen molar-refractivity contribution in [2.75, 3.05) is 6.61 Å². The molecule has 12 atom stereocenters. The summed E-state index contributed by atoms with van der Waals surface area (Å²) in [6, 6.07) is 6.94. The second-order valence-electron chi connectivity index (χ2n) is 15.5. The summed E-state index contributed by atoms with van der Waals surface area (Å²) in [6.07, 6.45) is -12.1. The Labute approximate surface area is 274 Å². The van der Waals surface area contributed by atoms with Gasteiger partial charge < -0.3 is 55.3 Å². The number of rotatable bonds is 5. The first kappa shape index (κ1) is 35.7. The summed E-state index contributed by atoms with van der Waals surface area (Å²) in [5, 5.41) is 85.0. The highest BCUT2D eigenvalue weighted by Gasteiger charge is 2.74. The van der Waals surface area contributed by atoms with Crippen molar-refractivity contribution in [2.45, 2.75) is 127 Å². The van der Waals surface area contributed by atoms with Crippen LogP contribution in [0.4, 0.5) is 4.79 Å². The minimum absolute atomic E-state index is 0.0576. The molecule has 2 bridgehead atoms. The molecule has 262 valence electrons. The number of hydrogen-bond donors (Lipinski definition) is 8. The molecule has 1 saturated heterocycles. The van der Waals surface area contributed by atoms with E-state index in [0.717, 1.165) is 0 Å². The Morgan fingerprint density at radius 2 is 1.64 bits per heavy atom. The van der Waals surface area contributed by atoms with Crippen LogP contribution in [0, 0.1) is 16.7 Å². The van der Waals surface area contributed by atoms with Crippen molar-refractivity contribution in [1.29, 1.82) is 0 Å². The molecule has 1 heterocycles. The van der Waals surface area contributed by atoms with E-state index in [-0.39, 0.29) is 24.2 Å². The number of ether oxygens (including phenoxy) is 3. The summed E-state index contributed by atoms with van der Waals surface area (Å²) < 4.78 is 16.7. The Kier molecular flexibility index (Phi) is 8.93. The monoisotopic (exact) mass is 663 g/mol.